The number of imidazole rings is 1. The summed E-state index contributed by atoms with van der Waals surface area (Å²) in [5.41, 5.74) is 7.32. The lowest BCUT2D eigenvalue weighted by molar-refractivity contribution is -0.135. The lowest BCUT2D eigenvalue weighted by Crippen LogP contribution is -2.41. The molecule has 1 amide bonds. The van der Waals surface area contributed by atoms with Gasteiger partial charge in [-0.3, -0.25) is 9.20 Å². The van der Waals surface area contributed by atoms with Gasteiger partial charge in [0.25, 0.3) is 0 Å². The SMILES string of the molecule is NCc1cnc2c(OCCC(=O)N3CCOCC3)cccn12. The monoisotopic (exact) mass is 304 g/mol. The van der Waals surface area contributed by atoms with E-state index in [0.29, 0.717) is 51.6 Å². The van der Waals surface area contributed by atoms with E-state index in [1.54, 1.807) is 6.20 Å². The van der Waals surface area contributed by atoms with E-state index in [1.807, 2.05) is 27.6 Å². The number of hydrogen-bond acceptors (Lipinski definition) is 5. The average Bonchev–Trinajstić information content (AvgIpc) is 2.99. The number of aromatic nitrogens is 2. The Hall–Kier alpha value is -2.12. The Labute approximate surface area is 128 Å². The molecule has 0 bridgehead atoms. The molecule has 2 N–H and O–H groups in total. The topological polar surface area (TPSA) is 82.1 Å². The molecule has 0 radical (unpaired) electrons. The molecule has 22 heavy (non-hydrogen) atoms. The predicted molar refractivity (Wildman–Crippen MR) is 80.6 cm³/mol. The number of nitrogens with zero attached hydrogens (tertiary/aromatic N) is 3. The number of morpholine rings is 1. The molecule has 0 unspecified atom stereocenters. The van der Waals surface area contributed by atoms with E-state index < -0.39 is 0 Å². The van der Waals surface area contributed by atoms with Gasteiger partial charge < -0.3 is 20.1 Å². The molecule has 0 spiro atoms. The van der Waals surface area contributed by atoms with Crippen molar-refractivity contribution >= 4 is 11.6 Å². The minimum Gasteiger partial charge on any atom is -0.489 e. The van der Waals surface area contributed by atoms with E-state index in [-0.39, 0.29) is 5.91 Å². The molecule has 1 aliphatic rings. The average molecular weight is 304 g/mol. The molecule has 1 aliphatic heterocycles. The number of hydrogen-bond donors (Lipinski definition) is 1. The van der Waals surface area contributed by atoms with Crippen molar-refractivity contribution in [2.45, 2.75) is 13.0 Å². The second-order valence-corrected chi connectivity index (χ2v) is 5.11. The third kappa shape index (κ3) is 3.05. The van der Waals surface area contributed by atoms with Crippen molar-refractivity contribution in [2.24, 2.45) is 5.73 Å². The van der Waals surface area contributed by atoms with Crippen LogP contribution in [-0.2, 0) is 16.1 Å². The summed E-state index contributed by atoms with van der Waals surface area (Å²) in [4.78, 5) is 18.2. The zero-order valence-electron chi connectivity index (χ0n) is 12.4. The molecule has 3 rings (SSSR count). The van der Waals surface area contributed by atoms with Crippen LogP contribution in [-0.4, -0.2) is 53.1 Å². The fourth-order valence-corrected chi connectivity index (χ4v) is 2.52. The van der Waals surface area contributed by atoms with Gasteiger partial charge in [-0.2, -0.15) is 0 Å². The van der Waals surface area contributed by atoms with Crippen LogP contribution in [0.15, 0.2) is 24.5 Å². The number of ether oxygens (including phenoxy) is 2. The van der Waals surface area contributed by atoms with E-state index >= 15 is 0 Å². The number of carbonyl (C=O) groups is 1. The fourth-order valence-electron chi connectivity index (χ4n) is 2.52. The zero-order chi connectivity index (χ0) is 15.4. The summed E-state index contributed by atoms with van der Waals surface area (Å²) in [7, 11) is 0. The number of nitrogens with two attached hydrogens (primary N) is 1. The minimum atomic E-state index is 0.0984. The first kappa shape index (κ1) is 14.8. The fraction of sp³-hybridized carbons (Fsp3) is 0.467. The van der Waals surface area contributed by atoms with Gasteiger partial charge in [-0.25, -0.2) is 4.98 Å². The Morgan fingerprint density at radius 2 is 2.23 bits per heavy atom. The Kier molecular flexibility index (Phi) is 4.55. The second kappa shape index (κ2) is 6.76. The molecular formula is C15H20N4O3. The highest BCUT2D eigenvalue weighted by Crippen LogP contribution is 2.19. The first-order valence-electron chi connectivity index (χ1n) is 7.43. The predicted octanol–water partition coefficient (Wildman–Crippen LogP) is 0.421. The van der Waals surface area contributed by atoms with Crippen LogP contribution in [0.5, 0.6) is 5.75 Å². The standard InChI is InChI=1S/C15H20N4O3/c16-10-12-11-17-15-13(2-1-4-19(12)15)22-7-3-14(20)18-5-8-21-9-6-18/h1-2,4,11H,3,5-10,16H2. The molecule has 3 heterocycles. The quantitative estimate of drug-likeness (QED) is 0.866. The van der Waals surface area contributed by atoms with Gasteiger partial charge in [0.15, 0.2) is 11.4 Å². The Morgan fingerprint density at radius 3 is 3.00 bits per heavy atom. The zero-order valence-corrected chi connectivity index (χ0v) is 12.4. The van der Waals surface area contributed by atoms with Gasteiger partial charge in [-0.05, 0) is 12.1 Å². The summed E-state index contributed by atoms with van der Waals surface area (Å²) in [6.07, 6.45) is 3.99. The Balaban J connectivity index is 1.59. The van der Waals surface area contributed by atoms with Gasteiger partial charge in [-0.15, -0.1) is 0 Å². The van der Waals surface area contributed by atoms with Crippen molar-refractivity contribution in [3.63, 3.8) is 0 Å². The first-order valence-corrected chi connectivity index (χ1v) is 7.43. The van der Waals surface area contributed by atoms with Crippen LogP contribution >= 0.6 is 0 Å². The van der Waals surface area contributed by atoms with E-state index in [0.717, 1.165) is 11.3 Å². The van der Waals surface area contributed by atoms with E-state index in [1.165, 1.54) is 0 Å². The highest BCUT2D eigenvalue weighted by molar-refractivity contribution is 5.76. The van der Waals surface area contributed by atoms with Gasteiger partial charge in [0.1, 0.15) is 0 Å². The second-order valence-electron chi connectivity index (χ2n) is 5.11. The summed E-state index contributed by atoms with van der Waals surface area (Å²) < 4.78 is 12.9. The van der Waals surface area contributed by atoms with Crippen molar-refractivity contribution in [3.05, 3.63) is 30.2 Å². The van der Waals surface area contributed by atoms with Crippen molar-refractivity contribution in [2.75, 3.05) is 32.9 Å². The molecule has 0 aliphatic carbocycles. The maximum atomic E-state index is 12.1. The van der Waals surface area contributed by atoms with Crippen LogP contribution in [0.3, 0.4) is 0 Å². The van der Waals surface area contributed by atoms with Gasteiger partial charge >= 0.3 is 0 Å². The van der Waals surface area contributed by atoms with Crippen LogP contribution in [0.25, 0.3) is 5.65 Å². The molecule has 1 fully saturated rings. The summed E-state index contributed by atoms with van der Waals surface area (Å²) in [5.74, 6) is 0.762. The van der Waals surface area contributed by atoms with Crippen molar-refractivity contribution in [1.29, 1.82) is 0 Å². The highest BCUT2D eigenvalue weighted by Gasteiger charge is 2.16. The maximum absolute atomic E-state index is 12.1. The van der Waals surface area contributed by atoms with Crippen LogP contribution in [0.2, 0.25) is 0 Å². The van der Waals surface area contributed by atoms with Crippen LogP contribution in [0.1, 0.15) is 12.1 Å². The molecule has 2 aromatic heterocycles. The normalized spacial score (nSPS) is 15.2. The molecule has 7 heteroatoms. The molecule has 0 saturated carbocycles. The molecule has 1 saturated heterocycles. The number of pyridine rings is 1. The van der Waals surface area contributed by atoms with Gasteiger partial charge in [0.2, 0.25) is 5.91 Å². The summed E-state index contributed by atoms with van der Waals surface area (Å²) in [6, 6.07) is 3.73. The van der Waals surface area contributed by atoms with Crippen molar-refractivity contribution in [3.8, 4) is 5.75 Å². The Bertz CT molecular complexity index is 649. The molecular weight excluding hydrogens is 284 g/mol. The van der Waals surface area contributed by atoms with Crippen LogP contribution in [0.4, 0.5) is 0 Å². The number of amides is 1. The van der Waals surface area contributed by atoms with E-state index in [4.69, 9.17) is 15.2 Å². The Morgan fingerprint density at radius 1 is 1.41 bits per heavy atom. The number of rotatable bonds is 5. The summed E-state index contributed by atoms with van der Waals surface area (Å²) in [5, 5.41) is 0. The highest BCUT2D eigenvalue weighted by atomic mass is 16.5. The lowest BCUT2D eigenvalue weighted by atomic mass is 10.3. The molecule has 0 atom stereocenters. The third-order valence-electron chi connectivity index (χ3n) is 3.72. The van der Waals surface area contributed by atoms with Crippen LogP contribution < -0.4 is 10.5 Å². The van der Waals surface area contributed by atoms with Gasteiger partial charge in [0.05, 0.1) is 38.1 Å². The first-order chi connectivity index (χ1) is 10.8. The lowest BCUT2D eigenvalue weighted by Gasteiger charge is -2.26. The summed E-state index contributed by atoms with van der Waals surface area (Å²) >= 11 is 0. The molecule has 7 nitrogen and oxygen atoms in total. The smallest absolute Gasteiger partial charge is 0.226 e. The summed E-state index contributed by atoms with van der Waals surface area (Å²) in [6.45, 7) is 3.30. The van der Waals surface area contributed by atoms with E-state index in [9.17, 15) is 4.79 Å². The van der Waals surface area contributed by atoms with Crippen molar-refractivity contribution in [1.82, 2.24) is 14.3 Å². The van der Waals surface area contributed by atoms with Gasteiger partial charge in [-0.1, -0.05) is 0 Å². The van der Waals surface area contributed by atoms with Gasteiger partial charge in [0, 0.05) is 25.8 Å². The maximum Gasteiger partial charge on any atom is 0.226 e. The van der Waals surface area contributed by atoms with Crippen LogP contribution in [0, 0.1) is 0 Å². The van der Waals surface area contributed by atoms with Crippen molar-refractivity contribution < 1.29 is 14.3 Å². The molecule has 2 aromatic rings. The molecule has 0 aromatic carbocycles. The van der Waals surface area contributed by atoms with E-state index in [2.05, 4.69) is 4.98 Å². The minimum absolute atomic E-state index is 0.0984. The number of carbonyl (C=O) groups excluding carboxylic acids is 1. The molecule has 118 valence electrons. The largest absolute Gasteiger partial charge is 0.489 e. The number of fused-ring (bicyclic) bond motifs is 1. The third-order valence-corrected chi connectivity index (χ3v) is 3.72.